The molecule has 0 aliphatic heterocycles. The number of aromatic amines is 3. The van der Waals surface area contributed by atoms with E-state index in [9.17, 15) is 9.59 Å². The number of carbonyl (C=O) groups excluding carboxylic acids is 2. The smallest absolute Gasteiger partial charge is 0.408 e. The van der Waals surface area contributed by atoms with Gasteiger partial charge in [-0.1, -0.05) is 36.4 Å². The average Bonchev–Trinajstić information content (AvgIpc) is 3.63. The van der Waals surface area contributed by atoms with Crippen LogP contribution in [0.2, 0.25) is 0 Å². The summed E-state index contributed by atoms with van der Waals surface area (Å²) in [4.78, 5) is 38.9. The van der Waals surface area contributed by atoms with Gasteiger partial charge in [0.2, 0.25) is 5.91 Å². The molecule has 3 aromatic heterocycles. The molecular formula is C26H26N6O3. The molecule has 35 heavy (non-hydrogen) atoms. The van der Waals surface area contributed by atoms with Crippen molar-refractivity contribution in [3.8, 4) is 0 Å². The Hall–Kier alpha value is -4.53. The predicted octanol–water partition coefficient (Wildman–Crippen LogP) is 3.57. The molecule has 0 radical (unpaired) electrons. The van der Waals surface area contributed by atoms with E-state index in [2.05, 4.69) is 36.6 Å². The van der Waals surface area contributed by atoms with Gasteiger partial charge in [-0.15, -0.1) is 0 Å². The molecule has 5 aromatic rings. The van der Waals surface area contributed by atoms with Gasteiger partial charge in [-0.25, -0.2) is 9.78 Å². The van der Waals surface area contributed by atoms with Crippen LogP contribution < -0.4 is 10.6 Å². The van der Waals surface area contributed by atoms with Gasteiger partial charge < -0.3 is 30.3 Å². The molecule has 0 spiro atoms. The number of ether oxygens (including phenoxy) is 1. The van der Waals surface area contributed by atoms with Crippen molar-refractivity contribution in [3.63, 3.8) is 0 Å². The highest BCUT2D eigenvalue weighted by atomic mass is 16.5. The van der Waals surface area contributed by atoms with Gasteiger partial charge in [-0.2, -0.15) is 0 Å². The molecule has 9 heteroatoms. The Kier molecular flexibility index (Phi) is 6.47. The van der Waals surface area contributed by atoms with Gasteiger partial charge in [0.1, 0.15) is 12.6 Å². The summed E-state index contributed by atoms with van der Waals surface area (Å²) in [7, 11) is 0. The number of alkyl carbamates (subject to hydrolysis) is 1. The molecule has 2 aromatic carbocycles. The highest BCUT2D eigenvalue weighted by molar-refractivity contribution is 5.88. The summed E-state index contributed by atoms with van der Waals surface area (Å²) in [5.41, 5.74) is 4.76. The van der Waals surface area contributed by atoms with E-state index in [0.29, 0.717) is 25.1 Å². The van der Waals surface area contributed by atoms with Crippen molar-refractivity contribution in [1.29, 1.82) is 0 Å². The number of fused-ring (bicyclic) bond motifs is 2. The number of carbonyl (C=O) groups is 2. The minimum atomic E-state index is -0.800. The number of nitrogens with one attached hydrogen (secondary N) is 5. The molecule has 1 atom stereocenters. The molecule has 5 N–H and O–H groups in total. The molecular weight excluding hydrogens is 444 g/mol. The third kappa shape index (κ3) is 5.19. The number of hydrogen-bond donors (Lipinski definition) is 5. The highest BCUT2D eigenvalue weighted by Gasteiger charge is 2.23. The Morgan fingerprint density at radius 1 is 0.914 bits per heavy atom. The van der Waals surface area contributed by atoms with Gasteiger partial charge in [0.05, 0.1) is 18.2 Å². The topological polar surface area (TPSA) is 128 Å². The fourth-order valence-corrected chi connectivity index (χ4v) is 4.20. The minimum absolute atomic E-state index is 0.0355. The summed E-state index contributed by atoms with van der Waals surface area (Å²) in [5.74, 6) is -0.270. The van der Waals surface area contributed by atoms with Crippen molar-refractivity contribution in [2.75, 3.05) is 6.54 Å². The minimum Gasteiger partial charge on any atom is -0.443 e. The van der Waals surface area contributed by atoms with Crippen molar-refractivity contribution in [3.05, 3.63) is 90.3 Å². The van der Waals surface area contributed by atoms with E-state index in [1.807, 2.05) is 54.9 Å². The van der Waals surface area contributed by atoms with E-state index in [-0.39, 0.29) is 12.5 Å². The number of para-hydroxylation sites is 2. The number of amides is 2. The van der Waals surface area contributed by atoms with Crippen LogP contribution in [0.4, 0.5) is 4.79 Å². The highest BCUT2D eigenvalue weighted by Crippen LogP contribution is 2.20. The number of hydrogen-bond acceptors (Lipinski definition) is 4. The summed E-state index contributed by atoms with van der Waals surface area (Å²) < 4.78 is 5.27. The van der Waals surface area contributed by atoms with Crippen molar-refractivity contribution in [1.82, 2.24) is 30.6 Å². The van der Waals surface area contributed by atoms with Gasteiger partial charge in [0.25, 0.3) is 0 Å². The van der Waals surface area contributed by atoms with Crippen LogP contribution in [0.5, 0.6) is 0 Å². The maximum absolute atomic E-state index is 13.2. The lowest BCUT2D eigenvalue weighted by Crippen LogP contribution is -2.48. The van der Waals surface area contributed by atoms with Gasteiger partial charge in [-0.05, 0) is 29.7 Å². The molecule has 0 aliphatic rings. The van der Waals surface area contributed by atoms with Crippen LogP contribution >= 0.6 is 0 Å². The molecule has 0 unspecified atom stereocenters. The van der Waals surface area contributed by atoms with Crippen LogP contribution in [-0.2, 0) is 29.0 Å². The SMILES string of the molecule is O=C(N[C@@H](Cc1c[nH]c2ccccc12)C(=O)NCCc1c[nH]c2ccccc12)OCc1cnc[nH]1. The second-order valence-electron chi connectivity index (χ2n) is 8.31. The number of imidazole rings is 1. The van der Waals surface area contributed by atoms with Gasteiger partial charge >= 0.3 is 6.09 Å². The van der Waals surface area contributed by atoms with Crippen LogP contribution in [0.25, 0.3) is 21.8 Å². The van der Waals surface area contributed by atoms with E-state index in [1.54, 1.807) is 6.20 Å². The second-order valence-corrected chi connectivity index (χ2v) is 8.31. The third-order valence-corrected chi connectivity index (χ3v) is 5.99. The number of rotatable bonds is 9. The maximum Gasteiger partial charge on any atom is 0.408 e. The molecule has 9 nitrogen and oxygen atoms in total. The number of aromatic nitrogens is 4. The maximum atomic E-state index is 13.2. The Morgan fingerprint density at radius 3 is 2.31 bits per heavy atom. The lowest BCUT2D eigenvalue weighted by Gasteiger charge is -2.18. The van der Waals surface area contributed by atoms with Crippen LogP contribution in [0.15, 0.2) is 73.4 Å². The standard InChI is InChI=1S/C26H26N6O3/c33-25(28-10-9-17-12-29-22-7-3-1-5-20(17)22)24(32-26(34)35-15-19-14-27-16-31-19)11-18-13-30-23-8-4-2-6-21(18)23/h1-8,12-14,16,24,29-30H,9-11,15H2,(H,27,31)(H,28,33)(H,32,34)/t24-/m0/s1. The molecule has 5 rings (SSSR count). The zero-order valence-corrected chi connectivity index (χ0v) is 19.0. The van der Waals surface area contributed by atoms with Gasteiger partial charge in [0.15, 0.2) is 0 Å². The monoisotopic (exact) mass is 470 g/mol. The molecule has 178 valence electrons. The van der Waals surface area contributed by atoms with Crippen molar-refractivity contribution in [2.24, 2.45) is 0 Å². The van der Waals surface area contributed by atoms with Crippen LogP contribution in [0.3, 0.4) is 0 Å². The summed E-state index contributed by atoms with van der Waals surface area (Å²) in [6, 6.07) is 15.1. The molecule has 3 heterocycles. The Morgan fingerprint density at radius 2 is 1.60 bits per heavy atom. The zero-order chi connectivity index (χ0) is 24.0. The fraction of sp³-hybridized carbons (Fsp3) is 0.192. The largest absolute Gasteiger partial charge is 0.443 e. The van der Waals surface area contributed by atoms with E-state index in [1.165, 1.54) is 6.33 Å². The van der Waals surface area contributed by atoms with E-state index >= 15 is 0 Å². The number of benzene rings is 2. The molecule has 0 saturated carbocycles. The summed E-state index contributed by atoms with van der Waals surface area (Å²) in [5, 5.41) is 7.85. The fourth-order valence-electron chi connectivity index (χ4n) is 4.20. The van der Waals surface area contributed by atoms with Crippen molar-refractivity contribution in [2.45, 2.75) is 25.5 Å². The first-order valence-corrected chi connectivity index (χ1v) is 11.5. The van der Waals surface area contributed by atoms with Crippen LogP contribution in [0, 0.1) is 0 Å². The quantitative estimate of drug-likeness (QED) is 0.226. The Balaban J connectivity index is 1.25. The number of nitrogens with zero attached hydrogens (tertiary/aromatic N) is 1. The van der Waals surface area contributed by atoms with Crippen molar-refractivity contribution < 1.29 is 14.3 Å². The van der Waals surface area contributed by atoms with Crippen molar-refractivity contribution >= 4 is 33.8 Å². The molecule has 0 saturated heterocycles. The molecule has 0 aliphatic carbocycles. The van der Waals surface area contributed by atoms with E-state index in [0.717, 1.165) is 32.9 Å². The van der Waals surface area contributed by atoms with Crippen LogP contribution in [0.1, 0.15) is 16.8 Å². The normalized spacial score (nSPS) is 12.0. The number of H-pyrrole nitrogens is 3. The van der Waals surface area contributed by atoms with Gasteiger partial charge in [0, 0.05) is 47.2 Å². The first-order chi connectivity index (χ1) is 17.2. The Bertz CT molecular complexity index is 1440. The summed E-state index contributed by atoms with van der Waals surface area (Å²) in [6.07, 6.45) is 7.24. The summed E-state index contributed by atoms with van der Waals surface area (Å²) >= 11 is 0. The third-order valence-electron chi connectivity index (χ3n) is 5.99. The molecule has 2 amide bonds. The first-order valence-electron chi connectivity index (χ1n) is 11.5. The molecule has 0 fully saturated rings. The predicted molar refractivity (Wildman–Crippen MR) is 133 cm³/mol. The lowest BCUT2D eigenvalue weighted by molar-refractivity contribution is -0.123. The second kappa shape index (κ2) is 10.2. The lowest BCUT2D eigenvalue weighted by atomic mass is 10.0. The average molecular weight is 471 g/mol. The summed E-state index contributed by atoms with van der Waals surface area (Å²) in [6.45, 7) is 0.476. The first kappa shape index (κ1) is 22.3. The van der Waals surface area contributed by atoms with Crippen LogP contribution in [-0.4, -0.2) is 44.5 Å². The van der Waals surface area contributed by atoms with E-state index in [4.69, 9.17) is 4.74 Å². The zero-order valence-electron chi connectivity index (χ0n) is 19.0. The van der Waals surface area contributed by atoms with E-state index < -0.39 is 12.1 Å². The molecule has 0 bridgehead atoms. The van der Waals surface area contributed by atoms with Gasteiger partial charge in [-0.3, -0.25) is 4.79 Å². The Labute approximate surface area is 201 Å².